The van der Waals surface area contributed by atoms with Crippen LogP contribution in [0, 0.1) is 0 Å². The second-order valence-electron chi connectivity index (χ2n) is 7.49. The Morgan fingerprint density at radius 2 is 1.57 bits per heavy atom. The topological polar surface area (TPSA) is 73.9 Å². The van der Waals surface area contributed by atoms with E-state index >= 15 is 0 Å². The van der Waals surface area contributed by atoms with Gasteiger partial charge in [-0.2, -0.15) is 0 Å². The zero-order chi connectivity index (χ0) is 22.1. The van der Waals surface area contributed by atoms with Crippen LogP contribution >= 0.6 is 0 Å². The highest BCUT2D eigenvalue weighted by molar-refractivity contribution is 6.35. The van der Waals surface area contributed by atoms with Crippen LogP contribution < -0.4 is 20.3 Å². The summed E-state index contributed by atoms with van der Waals surface area (Å²) in [5, 5.41) is 5.41. The van der Waals surface area contributed by atoms with Gasteiger partial charge in [0.2, 0.25) is 0 Å². The molecule has 30 heavy (non-hydrogen) atoms. The van der Waals surface area contributed by atoms with Crippen LogP contribution in [0.3, 0.4) is 0 Å². The highest BCUT2D eigenvalue weighted by Crippen LogP contribution is 2.21. The van der Waals surface area contributed by atoms with Crippen LogP contribution in [-0.4, -0.2) is 65.1 Å². The highest BCUT2D eigenvalue weighted by Gasteiger charge is 2.19. The number of amides is 2. The molecule has 162 valence electrons. The van der Waals surface area contributed by atoms with Crippen molar-refractivity contribution in [2.75, 3.05) is 53.3 Å². The molecule has 0 aromatic heterocycles. The Morgan fingerprint density at radius 3 is 2.17 bits per heavy atom. The number of carbonyl (C=O) groups excluding carboxylic acids is 2. The molecule has 0 heterocycles. The van der Waals surface area contributed by atoms with Crippen LogP contribution in [0.5, 0.6) is 5.75 Å². The molecule has 0 saturated carbocycles. The maximum atomic E-state index is 12.2. The summed E-state index contributed by atoms with van der Waals surface area (Å²) in [6.45, 7) is 0.697. The fourth-order valence-corrected chi connectivity index (χ4v) is 3.16. The van der Waals surface area contributed by atoms with Gasteiger partial charge in [0.15, 0.2) is 0 Å². The van der Waals surface area contributed by atoms with E-state index in [0.717, 1.165) is 22.6 Å². The van der Waals surface area contributed by atoms with E-state index < -0.39 is 11.8 Å². The molecule has 2 aromatic rings. The molecule has 2 aromatic carbocycles. The summed E-state index contributed by atoms with van der Waals surface area (Å²) in [7, 11) is 9.49. The third-order valence-corrected chi connectivity index (χ3v) is 4.95. The highest BCUT2D eigenvalue weighted by atomic mass is 16.5. The van der Waals surface area contributed by atoms with Crippen LogP contribution in [-0.2, 0) is 16.0 Å². The molecule has 0 spiro atoms. The minimum atomic E-state index is -0.634. The largest absolute Gasteiger partial charge is 0.496 e. The fourth-order valence-electron chi connectivity index (χ4n) is 3.16. The number of benzene rings is 2. The number of anilines is 1. The van der Waals surface area contributed by atoms with Gasteiger partial charge in [-0.15, -0.1) is 0 Å². The number of para-hydroxylation sites is 1. The van der Waals surface area contributed by atoms with Crippen molar-refractivity contribution in [3.8, 4) is 5.75 Å². The molecule has 0 aliphatic heterocycles. The van der Waals surface area contributed by atoms with Crippen molar-refractivity contribution in [2.45, 2.75) is 12.5 Å². The molecule has 0 radical (unpaired) electrons. The second-order valence-corrected chi connectivity index (χ2v) is 7.49. The Hall–Kier alpha value is -3.06. The lowest BCUT2D eigenvalue weighted by Crippen LogP contribution is -2.43. The van der Waals surface area contributed by atoms with Gasteiger partial charge in [-0.25, -0.2) is 0 Å². The first-order valence-corrected chi connectivity index (χ1v) is 9.95. The SMILES string of the molecule is COc1ccccc1CCNC(=O)C(=O)NCC(c1ccc(N(C)C)cc1)N(C)C. The lowest BCUT2D eigenvalue weighted by molar-refractivity contribution is -0.139. The number of hydrogen-bond donors (Lipinski definition) is 2. The van der Waals surface area contributed by atoms with Crippen LogP contribution in [0.1, 0.15) is 17.2 Å². The van der Waals surface area contributed by atoms with E-state index in [4.69, 9.17) is 4.74 Å². The summed E-state index contributed by atoms with van der Waals surface area (Å²) in [5.74, 6) is -0.498. The molecule has 2 amide bonds. The van der Waals surface area contributed by atoms with Gasteiger partial charge in [-0.1, -0.05) is 30.3 Å². The average Bonchev–Trinajstić information content (AvgIpc) is 2.74. The first-order chi connectivity index (χ1) is 14.3. The van der Waals surface area contributed by atoms with Crippen molar-refractivity contribution in [2.24, 2.45) is 0 Å². The van der Waals surface area contributed by atoms with E-state index in [2.05, 4.69) is 10.6 Å². The van der Waals surface area contributed by atoms with E-state index in [1.807, 2.05) is 86.5 Å². The second kappa shape index (κ2) is 11.2. The Kier molecular flexibility index (Phi) is 8.68. The Morgan fingerprint density at radius 1 is 0.933 bits per heavy atom. The Balaban J connectivity index is 1.86. The predicted octanol–water partition coefficient (Wildman–Crippen LogP) is 1.84. The molecular weight excluding hydrogens is 380 g/mol. The predicted molar refractivity (Wildman–Crippen MR) is 120 cm³/mol. The molecule has 0 bridgehead atoms. The number of ether oxygens (including phenoxy) is 1. The van der Waals surface area contributed by atoms with Crippen LogP contribution in [0.4, 0.5) is 5.69 Å². The van der Waals surface area contributed by atoms with E-state index in [9.17, 15) is 9.59 Å². The normalized spacial score (nSPS) is 11.7. The lowest BCUT2D eigenvalue weighted by Gasteiger charge is -2.25. The lowest BCUT2D eigenvalue weighted by atomic mass is 10.1. The summed E-state index contributed by atoms with van der Waals surface area (Å²) in [5.41, 5.74) is 3.16. The maximum Gasteiger partial charge on any atom is 0.309 e. The minimum Gasteiger partial charge on any atom is -0.496 e. The maximum absolute atomic E-state index is 12.2. The zero-order valence-corrected chi connectivity index (χ0v) is 18.4. The summed E-state index contributed by atoms with van der Waals surface area (Å²) in [6.07, 6.45) is 0.585. The van der Waals surface area contributed by atoms with Gasteiger partial charge in [0.25, 0.3) is 0 Å². The van der Waals surface area contributed by atoms with Crippen molar-refractivity contribution in [1.29, 1.82) is 0 Å². The molecular formula is C23H32N4O3. The quantitative estimate of drug-likeness (QED) is 0.615. The molecule has 0 saturated heterocycles. The molecule has 2 N–H and O–H groups in total. The van der Waals surface area contributed by atoms with E-state index in [-0.39, 0.29) is 6.04 Å². The molecule has 7 heteroatoms. The van der Waals surface area contributed by atoms with Crippen molar-refractivity contribution in [3.63, 3.8) is 0 Å². The molecule has 0 fully saturated rings. The van der Waals surface area contributed by atoms with Crippen molar-refractivity contribution < 1.29 is 14.3 Å². The van der Waals surface area contributed by atoms with Gasteiger partial charge in [-0.3, -0.25) is 9.59 Å². The van der Waals surface area contributed by atoms with Gasteiger partial charge in [0, 0.05) is 32.9 Å². The van der Waals surface area contributed by atoms with Crippen LogP contribution in [0.15, 0.2) is 48.5 Å². The van der Waals surface area contributed by atoms with Gasteiger partial charge in [0.05, 0.1) is 13.2 Å². The summed E-state index contributed by atoms with van der Waals surface area (Å²) in [4.78, 5) is 28.4. The summed E-state index contributed by atoms with van der Waals surface area (Å²) in [6, 6.07) is 15.7. The van der Waals surface area contributed by atoms with Gasteiger partial charge < -0.3 is 25.2 Å². The van der Waals surface area contributed by atoms with Crippen molar-refractivity contribution in [1.82, 2.24) is 15.5 Å². The van der Waals surface area contributed by atoms with Crippen LogP contribution in [0.2, 0.25) is 0 Å². The van der Waals surface area contributed by atoms with Crippen LogP contribution in [0.25, 0.3) is 0 Å². The smallest absolute Gasteiger partial charge is 0.309 e. The Labute approximate surface area is 179 Å². The standard InChI is InChI=1S/C23H32N4O3/c1-26(2)19-12-10-17(11-13-19)20(27(3)4)16-25-23(29)22(28)24-15-14-18-8-6-7-9-21(18)30-5/h6-13,20H,14-16H2,1-5H3,(H,24,28)(H,25,29). The summed E-state index contributed by atoms with van der Waals surface area (Å²) >= 11 is 0. The van der Waals surface area contributed by atoms with E-state index in [0.29, 0.717) is 19.5 Å². The number of nitrogens with one attached hydrogen (secondary N) is 2. The molecule has 2 rings (SSSR count). The van der Waals surface area contributed by atoms with Gasteiger partial charge >= 0.3 is 11.8 Å². The Bertz CT molecular complexity index is 835. The molecule has 7 nitrogen and oxygen atoms in total. The zero-order valence-electron chi connectivity index (χ0n) is 18.4. The van der Waals surface area contributed by atoms with Gasteiger partial charge in [-0.05, 0) is 49.8 Å². The van der Waals surface area contributed by atoms with Crippen molar-refractivity contribution in [3.05, 3.63) is 59.7 Å². The number of nitrogens with zero attached hydrogens (tertiary/aromatic N) is 2. The van der Waals surface area contributed by atoms with E-state index in [1.165, 1.54) is 0 Å². The molecule has 1 atom stereocenters. The fraction of sp³-hybridized carbons (Fsp3) is 0.391. The monoisotopic (exact) mass is 412 g/mol. The number of rotatable bonds is 9. The summed E-state index contributed by atoms with van der Waals surface area (Å²) < 4.78 is 5.30. The number of methoxy groups -OCH3 is 1. The van der Waals surface area contributed by atoms with E-state index in [1.54, 1.807) is 7.11 Å². The third-order valence-electron chi connectivity index (χ3n) is 4.95. The number of hydrogen-bond acceptors (Lipinski definition) is 5. The van der Waals surface area contributed by atoms with Gasteiger partial charge in [0.1, 0.15) is 5.75 Å². The number of carbonyl (C=O) groups is 2. The first-order valence-electron chi connectivity index (χ1n) is 9.95. The average molecular weight is 413 g/mol. The first kappa shape index (κ1) is 23.2. The van der Waals surface area contributed by atoms with Crippen molar-refractivity contribution >= 4 is 17.5 Å². The minimum absolute atomic E-state index is 0.0356. The third kappa shape index (κ3) is 6.49. The molecule has 0 aliphatic rings. The number of likely N-dealkylation sites (N-methyl/N-ethyl adjacent to an activating group) is 1. The molecule has 0 aliphatic carbocycles. The molecule has 1 unspecified atom stereocenters.